The molecule has 1 heterocycles. The number of thioether (sulfide) groups is 1. The smallest absolute Gasteiger partial charge is 0.234 e. The Morgan fingerprint density at radius 2 is 1.56 bits per heavy atom. The molecule has 32 heavy (non-hydrogen) atoms. The van der Waals surface area contributed by atoms with Gasteiger partial charge in [-0.05, 0) is 42.0 Å². The van der Waals surface area contributed by atoms with Crippen molar-refractivity contribution in [2.75, 3.05) is 16.4 Å². The molecule has 0 atom stereocenters. The number of hydrogen-bond acceptors (Lipinski definition) is 5. The molecule has 0 aliphatic carbocycles. The number of benzene rings is 3. The first-order valence-electron chi connectivity index (χ1n) is 10.1. The van der Waals surface area contributed by atoms with Gasteiger partial charge >= 0.3 is 0 Å². The summed E-state index contributed by atoms with van der Waals surface area (Å²) >= 11 is 1.28. The van der Waals surface area contributed by atoms with Gasteiger partial charge in [0.2, 0.25) is 11.8 Å². The van der Waals surface area contributed by atoms with Gasteiger partial charge < -0.3 is 15.2 Å². The van der Waals surface area contributed by atoms with Crippen molar-refractivity contribution in [3.05, 3.63) is 78.1 Å². The van der Waals surface area contributed by atoms with Crippen molar-refractivity contribution < 1.29 is 9.59 Å². The van der Waals surface area contributed by atoms with Crippen molar-refractivity contribution in [1.82, 2.24) is 14.8 Å². The van der Waals surface area contributed by atoms with E-state index in [0.717, 1.165) is 27.7 Å². The van der Waals surface area contributed by atoms with Gasteiger partial charge in [-0.1, -0.05) is 59.8 Å². The molecule has 0 unspecified atom stereocenters. The molecule has 0 fully saturated rings. The van der Waals surface area contributed by atoms with Crippen LogP contribution >= 0.6 is 11.8 Å². The molecule has 7 nitrogen and oxygen atoms in total. The second kappa shape index (κ2) is 9.65. The topological polar surface area (TPSA) is 88.9 Å². The van der Waals surface area contributed by atoms with E-state index in [2.05, 4.69) is 20.8 Å². The Hall–Kier alpha value is -3.65. The van der Waals surface area contributed by atoms with Gasteiger partial charge in [0, 0.05) is 18.4 Å². The molecule has 3 aromatic carbocycles. The van der Waals surface area contributed by atoms with Crippen molar-refractivity contribution in [2.45, 2.75) is 18.5 Å². The van der Waals surface area contributed by atoms with Crippen LogP contribution in [0.1, 0.15) is 11.4 Å². The van der Waals surface area contributed by atoms with Crippen LogP contribution in [0.25, 0.3) is 10.8 Å². The van der Waals surface area contributed by atoms with E-state index in [1.54, 1.807) is 11.6 Å². The Morgan fingerprint density at radius 1 is 0.875 bits per heavy atom. The summed E-state index contributed by atoms with van der Waals surface area (Å²) < 4.78 is 1.74. The number of anilines is 2. The fraction of sp³-hybridized carbons (Fsp3) is 0.167. The van der Waals surface area contributed by atoms with Crippen LogP contribution in [-0.4, -0.2) is 32.3 Å². The van der Waals surface area contributed by atoms with Gasteiger partial charge in [0.05, 0.1) is 12.2 Å². The Morgan fingerprint density at radius 3 is 2.34 bits per heavy atom. The maximum Gasteiger partial charge on any atom is 0.234 e. The minimum Gasteiger partial charge on any atom is -0.326 e. The van der Waals surface area contributed by atoms with E-state index in [0.29, 0.717) is 11.0 Å². The van der Waals surface area contributed by atoms with Gasteiger partial charge in [0.15, 0.2) is 5.16 Å². The molecule has 0 aliphatic rings. The maximum absolute atomic E-state index is 12.4. The van der Waals surface area contributed by atoms with E-state index in [4.69, 9.17) is 0 Å². The number of nitrogens with zero attached hydrogens (tertiary/aromatic N) is 3. The van der Waals surface area contributed by atoms with E-state index < -0.39 is 0 Å². The third-order valence-corrected chi connectivity index (χ3v) is 5.96. The van der Waals surface area contributed by atoms with Crippen molar-refractivity contribution >= 4 is 45.7 Å². The zero-order valence-corrected chi connectivity index (χ0v) is 18.6. The molecular weight excluding hydrogens is 422 g/mol. The van der Waals surface area contributed by atoms with Gasteiger partial charge in [-0.3, -0.25) is 9.59 Å². The second-order valence-electron chi connectivity index (χ2n) is 7.45. The molecule has 8 heteroatoms. The van der Waals surface area contributed by atoms with Gasteiger partial charge in [-0.15, -0.1) is 10.2 Å². The lowest BCUT2D eigenvalue weighted by molar-refractivity contribution is -0.116. The van der Waals surface area contributed by atoms with Crippen molar-refractivity contribution in [3.8, 4) is 0 Å². The molecule has 4 aromatic rings. The lowest BCUT2D eigenvalue weighted by atomic mass is 10.1. The molecule has 4 rings (SSSR count). The minimum absolute atomic E-state index is 0.0984. The Kier molecular flexibility index (Phi) is 6.51. The average molecular weight is 446 g/mol. The molecule has 2 amide bonds. The number of aryl methyl sites for hydroxylation is 1. The van der Waals surface area contributed by atoms with Crippen molar-refractivity contribution in [3.63, 3.8) is 0 Å². The largest absolute Gasteiger partial charge is 0.326 e. The quantitative estimate of drug-likeness (QED) is 0.417. The molecule has 0 radical (unpaired) electrons. The van der Waals surface area contributed by atoms with Crippen LogP contribution in [0.2, 0.25) is 0 Å². The minimum atomic E-state index is -0.171. The molecule has 0 aliphatic heterocycles. The van der Waals surface area contributed by atoms with E-state index >= 15 is 0 Å². The first-order chi connectivity index (χ1) is 15.5. The van der Waals surface area contributed by atoms with Gasteiger partial charge in [0.1, 0.15) is 5.82 Å². The molecule has 1 aromatic heterocycles. The summed E-state index contributed by atoms with van der Waals surface area (Å²) in [6.45, 7) is 1.99. The Balaban J connectivity index is 1.31. The van der Waals surface area contributed by atoms with Crippen LogP contribution < -0.4 is 10.6 Å². The van der Waals surface area contributed by atoms with Crippen LogP contribution in [0.15, 0.2) is 71.9 Å². The Labute approximate surface area is 190 Å². The number of nitrogens with one attached hydrogen (secondary N) is 2. The lowest BCUT2D eigenvalue weighted by Crippen LogP contribution is -2.17. The van der Waals surface area contributed by atoms with Gasteiger partial charge in [-0.2, -0.15) is 0 Å². The molecular formula is C24H23N5O2S. The highest BCUT2D eigenvalue weighted by molar-refractivity contribution is 7.99. The second-order valence-corrected chi connectivity index (χ2v) is 8.39. The summed E-state index contributed by atoms with van der Waals surface area (Å²) in [7, 11) is 1.79. The average Bonchev–Trinajstić information content (AvgIpc) is 3.13. The van der Waals surface area contributed by atoms with E-state index in [9.17, 15) is 9.59 Å². The zero-order chi connectivity index (χ0) is 22.5. The summed E-state index contributed by atoms with van der Waals surface area (Å²) in [5.41, 5.74) is 2.62. The summed E-state index contributed by atoms with van der Waals surface area (Å²) in [6, 6.07) is 21.4. The third kappa shape index (κ3) is 5.33. The normalized spacial score (nSPS) is 10.8. The molecule has 2 N–H and O–H groups in total. The molecule has 0 bridgehead atoms. The predicted molar refractivity (Wildman–Crippen MR) is 128 cm³/mol. The van der Waals surface area contributed by atoms with Crippen molar-refractivity contribution in [1.29, 1.82) is 0 Å². The molecule has 0 spiro atoms. The highest BCUT2D eigenvalue weighted by Gasteiger charge is 2.15. The first-order valence-corrected chi connectivity index (χ1v) is 11.1. The van der Waals surface area contributed by atoms with Gasteiger partial charge in [0.25, 0.3) is 0 Å². The summed E-state index contributed by atoms with van der Waals surface area (Å²) in [5.74, 6) is 0.419. The summed E-state index contributed by atoms with van der Waals surface area (Å²) in [5, 5.41) is 16.8. The monoisotopic (exact) mass is 445 g/mol. The van der Waals surface area contributed by atoms with Crippen LogP contribution in [0.5, 0.6) is 0 Å². The predicted octanol–water partition coefficient (Wildman–Crippen LogP) is 4.19. The lowest BCUT2D eigenvalue weighted by Gasteiger charge is -2.07. The molecule has 0 saturated heterocycles. The van der Waals surface area contributed by atoms with Crippen LogP contribution in [-0.2, 0) is 23.1 Å². The highest BCUT2D eigenvalue weighted by Crippen LogP contribution is 2.20. The number of aromatic nitrogens is 3. The number of carbonyl (C=O) groups excluding carboxylic acids is 2. The zero-order valence-electron chi connectivity index (χ0n) is 17.8. The number of rotatable bonds is 7. The molecule has 162 valence electrons. The standard InChI is InChI=1S/C24H23N5O2S/c1-16-7-10-19(11-8-16)25-22(30)14-21-27-28-24(29(21)2)32-15-23(31)26-20-12-9-17-5-3-4-6-18(17)13-20/h3-13H,14-15H2,1-2H3,(H,25,30)(H,26,31). The van der Waals surface area contributed by atoms with Crippen LogP contribution in [0, 0.1) is 6.92 Å². The number of fused-ring (bicyclic) bond motifs is 1. The highest BCUT2D eigenvalue weighted by atomic mass is 32.2. The number of hydrogen-bond donors (Lipinski definition) is 2. The summed E-state index contributed by atoms with van der Waals surface area (Å²) in [4.78, 5) is 24.7. The van der Waals surface area contributed by atoms with Crippen LogP contribution in [0.3, 0.4) is 0 Å². The third-order valence-electron chi connectivity index (χ3n) is 4.94. The number of amides is 2. The van der Waals surface area contributed by atoms with Gasteiger partial charge in [-0.25, -0.2) is 0 Å². The first kappa shape index (κ1) is 21.6. The van der Waals surface area contributed by atoms with E-state index in [-0.39, 0.29) is 24.0 Å². The van der Waals surface area contributed by atoms with E-state index in [1.807, 2.05) is 73.7 Å². The van der Waals surface area contributed by atoms with Crippen LogP contribution in [0.4, 0.5) is 11.4 Å². The number of carbonyl (C=O) groups is 2. The van der Waals surface area contributed by atoms with E-state index in [1.165, 1.54) is 11.8 Å². The fourth-order valence-electron chi connectivity index (χ4n) is 3.20. The Bertz CT molecular complexity index is 1270. The SMILES string of the molecule is Cc1ccc(NC(=O)Cc2nnc(SCC(=O)Nc3ccc4ccccc4c3)n2C)cc1. The fourth-order valence-corrected chi connectivity index (χ4v) is 3.93. The summed E-state index contributed by atoms with van der Waals surface area (Å²) in [6.07, 6.45) is 0.0984. The van der Waals surface area contributed by atoms with Crippen molar-refractivity contribution in [2.24, 2.45) is 7.05 Å². The molecule has 0 saturated carbocycles. The maximum atomic E-state index is 12.4.